The minimum atomic E-state index is -1.12. The van der Waals surface area contributed by atoms with Gasteiger partial charge in [0, 0.05) is 6.54 Å². The molecule has 6 heteroatoms. The predicted octanol–water partition coefficient (Wildman–Crippen LogP) is 1.44. The summed E-state index contributed by atoms with van der Waals surface area (Å²) in [6, 6.07) is 4.50. The molecule has 0 aliphatic carbocycles. The highest BCUT2D eigenvalue weighted by molar-refractivity contribution is 5.91. The lowest BCUT2D eigenvalue weighted by atomic mass is 10.1. The van der Waals surface area contributed by atoms with Gasteiger partial charge in [-0.15, -0.1) is 0 Å². The number of hydrogen-bond acceptors (Lipinski definition) is 4. The fourth-order valence-corrected chi connectivity index (χ4v) is 2.08. The van der Waals surface area contributed by atoms with Crippen LogP contribution in [0.3, 0.4) is 0 Å². The molecule has 1 atom stereocenters. The third-order valence-electron chi connectivity index (χ3n) is 3.17. The summed E-state index contributed by atoms with van der Waals surface area (Å²) >= 11 is 0. The third kappa shape index (κ3) is 3.20. The van der Waals surface area contributed by atoms with Crippen LogP contribution in [0.1, 0.15) is 29.6 Å². The van der Waals surface area contributed by atoms with Crippen molar-refractivity contribution in [2.75, 3.05) is 13.7 Å². The third-order valence-corrected chi connectivity index (χ3v) is 3.17. The normalized spacial score (nSPS) is 18.9. The van der Waals surface area contributed by atoms with Gasteiger partial charge in [0.1, 0.15) is 17.1 Å². The molecule has 0 bridgehead atoms. The Hall–Kier alpha value is -2.24. The van der Waals surface area contributed by atoms with Crippen molar-refractivity contribution in [3.63, 3.8) is 0 Å². The van der Waals surface area contributed by atoms with Gasteiger partial charge in [0.2, 0.25) is 0 Å². The lowest BCUT2D eigenvalue weighted by Crippen LogP contribution is -2.36. The van der Waals surface area contributed by atoms with E-state index < -0.39 is 12.1 Å². The summed E-state index contributed by atoms with van der Waals surface area (Å²) in [7, 11) is 1.46. The molecule has 0 saturated carbocycles. The second-order valence-electron chi connectivity index (χ2n) is 4.56. The van der Waals surface area contributed by atoms with Gasteiger partial charge in [0.25, 0.3) is 5.91 Å². The Kier molecular flexibility index (Phi) is 4.45. The predicted molar refractivity (Wildman–Crippen MR) is 71.2 cm³/mol. The highest BCUT2D eigenvalue weighted by atomic mass is 16.5. The standard InChI is InChI=1S/C14H17NO5/c1-19-9-5-6-11(10(8-9)14(17)18)20-12-4-2-3-7-15-13(12)16/h5-6,8,12H,2-4,7H2,1H3,(H,15,16)(H,17,18). The van der Waals surface area contributed by atoms with Crippen molar-refractivity contribution < 1.29 is 24.2 Å². The lowest BCUT2D eigenvalue weighted by Gasteiger charge is -2.17. The van der Waals surface area contributed by atoms with E-state index in [4.69, 9.17) is 9.47 Å². The van der Waals surface area contributed by atoms with E-state index in [0.717, 1.165) is 12.8 Å². The van der Waals surface area contributed by atoms with Gasteiger partial charge >= 0.3 is 5.97 Å². The Bertz CT molecular complexity index is 514. The Balaban J connectivity index is 2.23. The molecule has 1 aromatic carbocycles. The van der Waals surface area contributed by atoms with E-state index in [1.165, 1.54) is 19.2 Å². The molecule has 1 unspecified atom stereocenters. The van der Waals surface area contributed by atoms with Crippen LogP contribution >= 0.6 is 0 Å². The quantitative estimate of drug-likeness (QED) is 0.871. The first-order valence-electron chi connectivity index (χ1n) is 6.47. The molecule has 6 nitrogen and oxygen atoms in total. The maximum Gasteiger partial charge on any atom is 0.339 e. The number of ether oxygens (including phenoxy) is 2. The van der Waals surface area contributed by atoms with Crippen LogP contribution in [0.25, 0.3) is 0 Å². The van der Waals surface area contributed by atoms with E-state index in [2.05, 4.69) is 5.32 Å². The van der Waals surface area contributed by atoms with E-state index in [-0.39, 0.29) is 17.2 Å². The summed E-state index contributed by atoms with van der Waals surface area (Å²) in [5.41, 5.74) is -0.0126. The topological polar surface area (TPSA) is 84.9 Å². The van der Waals surface area contributed by atoms with Crippen LogP contribution in [0, 0.1) is 0 Å². The zero-order valence-corrected chi connectivity index (χ0v) is 11.2. The number of rotatable bonds is 4. The van der Waals surface area contributed by atoms with E-state index >= 15 is 0 Å². The van der Waals surface area contributed by atoms with Crippen molar-refractivity contribution in [1.29, 1.82) is 0 Å². The van der Waals surface area contributed by atoms with Crippen LogP contribution < -0.4 is 14.8 Å². The second kappa shape index (κ2) is 6.27. The van der Waals surface area contributed by atoms with Gasteiger partial charge in [0.15, 0.2) is 6.10 Å². The van der Waals surface area contributed by atoms with Gasteiger partial charge in [-0.3, -0.25) is 4.79 Å². The lowest BCUT2D eigenvalue weighted by molar-refractivity contribution is -0.127. The first-order valence-corrected chi connectivity index (χ1v) is 6.47. The molecule has 0 radical (unpaired) electrons. The molecule has 2 rings (SSSR count). The number of aromatic carboxylic acids is 1. The molecule has 1 aromatic rings. The first kappa shape index (κ1) is 14.2. The smallest absolute Gasteiger partial charge is 0.339 e. The second-order valence-corrected chi connectivity index (χ2v) is 4.56. The van der Waals surface area contributed by atoms with Crippen molar-refractivity contribution in [1.82, 2.24) is 5.32 Å². The van der Waals surface area contributed by atoms with Crippen LogP contribution in [0.4, 0.5) is 0 Å². The van der Waals surface area contributed by atoms with E-state index in [1.807, 2.05) is 0 Å². The summed E-state index contributed by atoms with van der Waals surface area (Å²) < 4.78 is 10.6. The highest BCUT2D eigenvalue weighted by Gasteiger charge is 2.24. The number of carboxylic acids is 1. The average molecular weight is 279 g/mol. The van der Waals surface area contributed by atoms with Crippen LogP contribution in [0.2, 0.25) is 0 Å². The van der Waals surface area contributed by atoms with Gasteiger partial charge in [-0.25, -0.2) is 4.79 Å². The number of nitrogens with one attached hydrogen (secondary N) is 1. The fourth-order valence-electron chi connectivity index (χ4n) is 2.08. The number of carbonyl (C=O) groups excluding carboxylic acids is 1. The summed E-state index contributed by atoms with van der Waals surface area (Å²) in [6.45, 7) is 0.632. The molecule has 1 aliphatic heterocycles. The average Bonchev–Trinajstić information content (AvgIpc) is 2.64. The fraction of sp³-hybridized carbons (Fsp3) is 0.429. The van der Waals surface area contributed by atoms with Crippen LogP contribution in [0.5, 0.6) is 11.5 Å². The number of methoxy groups -OCH3 is 1. The van der Waals surface area contributed by atoms with Crippen molar-refractivity contribution in [2.24, 2.45) is 0 Å². The number of carboxylic acid groups (broad SMARTS) is 1. The van der Waals surface area contributed by atoms with Crippen molar-refractivity contribution in [3.05, 3.63) is 23.8 Å². The zero-order chi connectivity index (χ0) is 14.5. The van der Waals surface area contributed by atoms with E-state index in [0.29, 0.717) is 18.7 Å². The van der Waals surface area contributed by atoms with Crippen molar-refractivity contribution >= 4 is 11.9 Å². The maximum atomic E-state index is 11.8. The number of benzene rings is 1. The Morgan fingerprint density at radius 1 is 1.40 bits per heavy atom. The molecule has 0 aromatic heterocycles. The van der Waals surface area contributed by atoms with Crippen molar-refractivity contribution in [3.8, 4) is 11.5 Å². The summed E-state index contributed by atoms with van der Waals surface area (Å²) in [6.07, 6.45) is 1.70. The molecular formula is C14H17NO5. The maximum absolute atomic E-state index is 11.8. The first-order chi connectivity index (χ1) is 9.61. The number of carbonyl (C=O) groups is 2. The number of hydrogen-bond donors (Lipinski definition) is 2. The summed E-state index contributed by atoms with van der Waals surface area (Å²) in [4.78, 5) is 23.1. The molecule has 1 aliphatic rings. The molecule has 2 N–H and O–H groups in total. The summed E-state index contributed by atoms with van der Waals surface area (Å²) in [5.74, 6) is -0.706. The van der Waals surface area contributed by atoms with Crippen LogP contribution in [-0.4, -0.2) is 36.7 Å². The van der Waals surface area contributed by atoms with E-state index in [9.17, 15) is 14.7 Å². The van der Waals surface area contributed by atoms with Gasteiger partial charge in [-0.2, -0.15) is 0 Å². The molecule has 1 fully saturated rings. The minimum Gasteiger partial charge on any atom is -0.497 e. The molecular weight excluding hydrogens is 262 g/mol. The largest absolute Gasteiger partial charge is 0.497 e. The number of amides is 1. The zero-order valence-electron chi connectivity index (χ0n) is 11.2. The molecule has 0 spiro atoms. The molecule has 1 heterocycles. The Morgan fingerprint density at radius 2 is 2.20 bits per heavy atom. The van der Waals surface area contributed by atoms with Crippen LogP contribution in [0.15, 0.2) is 18.2 Å². The van der Waals surface area contributed by atoms with Crippen molar-refractivity contribution in [2.45, 2.75) is 25.4 Å². The Morgan fingerprint density at radius 3 is 2.90 bits per heavy atom. The van der Waals surface area contributed by atoms with Crippen LogP contribution in [-0.2, 0) is 4.79 Å². The molecule has 20 heavy (non-hydrogen) atoms. The molecule has 108 valence electrons. The highest BCUT2D eigenvalue weighted by Crippen LogP contribution is 2.26. The van der Waals surface area contributed by atoms with Gasteiger partial charge in [-0.1, -0.05) is 0 Å². The minimum absolute atomic E-state index is 0.0126. The van der Waals surface area contributed by atoms with Gasteiger partial charge in [0.05, 0.1) is 7.11 Å². The monoisotopic (exact) mass is 279 g/mol. The Labute approximate surface area is 116 Å². The van der Waals surface area contributed by atoms with E-state index in [1.54, 1.807) is 6.07 Å². The van der Waals surface area contributed by atoms with Gasteiger partial charge in [-0.05, 0) is 37.5 Å². The summed E-state index contributed by atoms with van der Waals surface area (Å²) in [5, 5.41) is 12.0. The van der Waals surface area contributed by atoms with Gasteiger partial charge < -0.3 is 19.9 Å². The molecule has 1 saturated heterocycles. The SMILES string of the molecule is COc1ccc(OC2CCCCNC2=O)c(C(=O)O)c1. The molecule has 1 amide bonds.